The van der Waals surface area contributed by atoms with Crippen molar-refractivity contribution >= 4 is 17.7 Å². The van der Waals surface area contributed by atoms with Crippen LogP contribution in [-0.4, -0.2) is 39.7 Å². The minimum Gasteiger partial charge on any atom is -0.449 e. The van der Waals surface area contributed by atoms with Gasteiger partial charge < -0.3 is 14.6 Å². The summed E-state index contributed by atoms with van der Waals surface area (Å²) in [5.41, 5.74) is 4.74. The fourth-order valence-corrected chi connectivity index (χ4v) is 4.90. The largest absolute Gasteiger partial charge is 0.449 e. The zero-order valence-corrected chi connectivity index (χ0v) is 18.5. The lowest BCUT2D eigenvalue weighted by Crippen LogP contribution is -2.68. The molecule has 0 radical (unpaired) electrons. The summed E-state index contributed by atoms with van der Waals surface area (Å²) >= 11 is 0. The summed E-state index contributed by atoms with van der Waals surface area (Å²) < 4.78 is 5.31. The van der Waals surface area contributed by atoms with E-state index in [9.17, 15) is 14.4 Å². The lowest BCUT2D eigenvalue weighted by Gasteiger charge is -2.45. The summed E-state index contributed by atoms with van der Waals surface area (Å²) in [5.74, 6) is 4.36. The molecule has 1 fully saturated rings. The first kappa shape index (κ1) is 22.0. The van der Waals surface area contributed by atoms with Crippen LogP contribution in [0.2, 0.25) is 0 Å². The molecule has 1 aliphatic heterocycles. The van der Waals surface area contributed by atoms with E-state index in [2.05, 4.69) is 15.7 Å². The number of piperazine rings is 1. The van der Waals surface area contributed by atoms with Gasteiger partial charge in [-0.2, -0.15) is 0 Å². The number of hydrazine groups is 1. The van der Waals surface area contributed by atoms with E-state index in [-0.39, 0.29) is 29.3 Å². The van der Waals surface area contributed by atoms with Gasteiger partial charge in [-0.25, -0.2) is 10.8 Å². The van der Waals surface area contributed by atoms with Crippen LogP contribution in [0.4, 0.5) is 0 Å². The van der Waals surface area contributed by atoms with Gasteiger partial charge in [-0.15, -0.1) is 0 Å². The molecule has 3 amide bonds. The molecule has 1 unspecified atom stereocenters. The molecule has 2 aromatic rings. The maximum absolute atomic E-state index is 13.9. The van der Waals surface area contributed by atoms with Crippen LogP contribution in [-0.2, 0) is 27.2 Å². The highest BCUT2D eigenvalue weighted by Crippen LogP contribution is 2.35. The van der Waals surface area contributed by atoms with E-state index in [4.69, 9.17) is 10.3 Å². The quantitative estimate of drug-likeness (QED) is 0.352. The highest BCUT2D eigenvalue weighted by Gasteiger charge is 2.51. The molecule has 1 aliphatic carbocycles. The molecule has 32 heavy (non-hydrogen) atoms. The molecule has 4 rings (SSSR count). The maximum Gasteiger partial charge on any atom is 0.263 e. The van der Waals surface area contributed by atoms with Crippen molar-refractivity contribution in [3.05, 3.63) is 53.2 Å². The average molecular weight is 440 g/mol. The highest BCUT2D eigenvalue weighted by molar-refractivity contribution is 6.00. The summed E-state index contributed by atoms with van der Waals surface area (Å²) in [6.07, 6.45) is 3.36. The number of rotatable bonds is 6. The van der Waals surface area contributed by atoms with Crippen molar-refractivity contribution in [2.75, 3.05) is 0 Å². The second kappa shape index (κ2) is 8.74. The number of carbonyl (C=O) groups is 3. The van der Waals surface area contributed by atoms with Gasteiger partial charge >= 0.3 is 0 Å². The van der Waals surface area contributed by atoms with E-state index in [0.717, 1.165) is 0 Å². The Morgan fingerprint density at radius 3 is 2.50 bits per heavy atom. The van der Waals surface area contributed by atoms with E-state index in [1.165, 1.54) is 22.3 Å². The third-order valence-corrected chi connectivity index (χ3v) is 6.71. The molecule has 1 saturated heterocycles. The van der Waals surface area contributed by atoms with Crippen molar-refractivity contribution in [3.8, 4) is 0 Å². The van der Waals surface area contributed by atoms with Crippen molar-refractivity contribution in [1.82, 2.24) is 20.6 Å². The third-order valence-electron chi connectivity index (χ3n) is 6.71. The Balaban J connectivity index is 1.74. The van der Waals surface area contributed by atoms with Crippen LogP contribution in [0.5, 0.6) is 0 Å². The Morgan fingerprint density at radius 2 is 1.97 bits per heavy atom. The van der Waals surface area contributed by atoms with Crippen LogP contribution in [0.1, 0.15) is 49.0 Å². The molecular formula is C23H29N5O4. The molecule has 1 aromatic heterocycles. The second-order valence-electron chi connectivity index (χ2n) is 8.70. The van der Waals surface area contributed by atoms with Gasteiger partial charge in [-0.3, -0.25) is 19.8 Å². The number of fused-ring (bicyclic) bond motifs is 1. The second-order valence-corrected chi connectivity index (χ2v) is 8.70. The number of carbonyl (C=O) groups excluding carboxylic acids is 3. The molecule has 0 bridgehead atoms. The molecule has 4 atom stereocenters. The van der Waals surface area contributed by atoms with E-state index in [1.54, 1.807) is 6.92 Å². The van der Waals surface area contributed by atoms with Crippen LogP contribution in [0.3, 0.4) is 0 Å². The normalized spacial score (nSPS) is 22.9. The minimum absolute atomic E-state index is 0.0927. The number of aryl methyl sites for hydroxylation is 1. The molecule has 9 nitrogen and oxygen atoms in total. The first-order chi connectivity index (χ1) is 15.3. The van der Waals surface area contributed by atoms with E-state index < -0.39 is 24.0 Å². The Kier molecular flexibility index (Phi) is 6.01. The average Bonchev–Trinajstić information content (AvgIpc) is 3.41. The van der Waals surface area contributed by atoms with E-state index in [0.29, 0.717) is 25.2 Å². The first-order valence-corrected chi connectivity index (χ1v) is 11.0. The lowest BCUT2D eigenvalue weighted by atomic mass is 9.86. The van der Waals surface area contributed by atoms with Crippen molar-refractivity contribution in [2.24, 2.45) is 17.7 Å². The summed E-state index contributed by atoms with van der Waals surface area (Å²) in [5, 5.41) is 2.97. The summed E-state index contributed by atoms with van der Waals surface area (Å²) in [6.45, 7) is 5.48. The Labute approximate surface area is 186 Å². The SMILES string of the molecule is CC[C@H](C)[C@@H]1C(=O)N[C@H](C2Cc3ccccc3C2)C(=O)N1C(C(=O)NN)c1coc(C)n1. The van der Waals surface area contributed by atoms with E-state index >= 15 is 0 Å². The Hall–Kier alpha value is -3.20. The summed E-state index contributed by atoms with van der Waals surface area (Å²) in [6, 6.07) is 5.31. The fraction of sp³-hybridized carbons (Fsp3) is 0.478. The fourth-order valence-electron chi connectivity index (χ4n) is 4.90. The van der Waals surface area contributed by atoms with Crippen LogP contribution in [0.25, 0.3) is 0 Å². The molecule has 0 spiro atoms. The van der Waals surface area contributed by atoms with Crippen molar-refractivity contribution in [2.45, 2.75) is 58.2 Å². The Bertz CT molecular complexity index is 1010. The standard InChI is InChI=1S/C23H29N5O4/c1-4-12(2)19-21(29)26-18(16-9-14-7-5-6-8-15(14)10-16)23(31)28(19)20(22(30)27-24)17-11-32-13(3)25-17/h5-8,11-12,16,18-20H,4,9-10,24H2,1-3H3,(H,26,29)(H,27,30)/t12-,18+,19+,20?/m0/s1. The number of amides is 3. The number of nitrogens with one attached hydrogen (secondary N) is 2. The number of oxazole rings is 1. The van der Waals surface area contributed by atoms with Crippen molar-refractivity contribution < 1.29 is 18.8 Å². The maximum atomic E-state index is 13.9. The van der Waals surface area contributed by atoms with E-state index in [1.807, 2.05) is 38.1 Å². The predicted octanol–water partition coefficient (Wildman–Crippen LogP) is 1.17. The predicted molar refractivity (Wildman–Crippen MR) is 116 cm³/mol. The van der Waals surface area contributed by atoms with Gasteiger partial charge in [0.2, 0.25) is 11.8 Å². The van der Waals surface area contributed by atoms with Gasteiger partial charge in [0, 0.05) is 6.92 Å². The number of benzene rings is 1. The zero-order valence-electron chi connectivity index (χ0n) is 18.5. The molecule has 1 aromatic carbocycles. The summed E-state index contributed by atoms with van der Waals surface area (Å²) in [7, 11) is 0. The van der Waals surface area contributed by atoms with Crippen molar-refractivity contribution in [3.63, 3.8) is 0 Å². The Morgan fingerprint density at radius 1 is 1.31 bits per heavy atom. The number of aromatic nitrogens is 1. The van der Waals surface area contributed by atoms with Gasteiger partial charge in [-0.1, -0.05) is 44.5 Å². The molecule has 4 N–H and O–H groups in total. The molecular weight excluding hydrogens is 410 g/mol. The first-order valence-electron chi connectivity index (χ1n) is 11.0. The van der Waals surface area contributed by atoms with Gasteiger partial charge in [0.25, 0.3) is 5.91 Å². The summed E-state index contributed by atoms with van der Waals surface area (Å²) in [4.78, 5) is 45.8. The molecule has 170 valence electrons. The number of hydrogen-bond acceptors (Lipinski definition) is 6. The highest BCUT2D eigenvalue weighted by atomic mass is 16.3. The smallest absolute Gasteiger partial charge is 0.263 e. The van der Waals surface area contributed by atoms with Crippen LogP contribution in [0, 0.1) is 18.8 Å². The van der Waals surface area contributed by atoms with Gasteiger partial charge in [-0.05, 0) is 35.8 Å². The molecule has 2 heterocycles. The molecule has 9 heteroatoms. The lowest BCUT2D eigenvalue weighted by molar-refractivity contribution is -0.159. The van der Waals surface area contributed by atoms with Crippen molar-refractivity contribution in [1.29, 1.82) is 0 Å². The zero-order chi connectivity index (χ0) is 23.0. The van der Waals surface area contributed by atoms with Crippen LogP contribution < -0.4 is 16.6 Å². The molecule has 2 aliphatic rings. The minimum atomic E-state index is -1.17. The third kappa shape index (κ3) is 3.77. The van der Waals surface area contributed by atoms with Gasteiger partial charge in [0.15, 0.2) is 11.9 Å². The van der Waals surface area contributed by atoms with Crippen LogP contribution in [0.15, 0.2) is 34.9 Å². The topological polar surface area (TPSA) is 131 Å². The molecule has 0 saturated carbocycles. The number of nitrogens with two attached hydrogens (primary N) is 1. The van der Waals surface area contributed by atoms with Gasteiger partial charge in [0.1, 0.15) is 24.0 Å². The van der Waals surface area contributed by atoms with Gasteiger partial charge in [0.05, 0.1) is 0 Å². The monoisotopic (exact) mass is 439 g/mol. The van der Waals surface area contributed by atoms with Crippen LogP contribution >= 0.6 is 0 Å². The number of hydrogen-bond donors (Lipinski definition) is 3. The number of nitrogens with zero attached hydrogens (tertiary/aromatic N) is 2.